The van der Waals surface area contributed by atoms with E-state index >= 15 is 0 Å². The molecule has 2 aliphatic rings. The van der Waals surface area contributed by atoms with Gasteiger partial charge in [0, 0.05) is 19.6 Å². The molecule has 0 aromatic rings. The summed E-state index contributed by atoms with van der Waals surface area (Å²) in [4.78, 5) is 25.1. The Hall–Kier alpha value is -1.34. The predicted octanol–water partition coefficient (Wildman–Crippen LogP) is 0.688. The van der Waals surface area contributed by atoms with Gasteiger partial charge in [-0.25, -0.2) is 4.79 Å². The van der Waals surface area contributed by atoms with Gasteiger partial charge >= 0.3 is 12.0 Å². The molecule has 2 amide bonds. The molecule has 7 nitrogen and oxygen atoms in total. The van der Waals surface area contributed by atoms with E-state index in [0.29, 0.717) is 58.7 Å². The van der Waals surface area contributed by atoms with Crippen molar-refractivity contribution in [2.75, 3.05) is 39.5 Å². The van der Waals surface area contributed by atoms with Crippen LogP contribution >= 0.6 is 0 Å². The van der Waals surface area contributed by atoms with Crippen LogP contribution in [0.25, 0.3) is 0 Å². The topological polar surface area (TPSA) is 88.1 Å². The fraction of sp³-hybridized carbons (Fsp3) is 0.857. The highest BCUT2D eigenvalue weighted by Gasteiger charge is 2.40. The zero-order valence-electron chi connectivity index (χ0n) is 12.5. The molecule has 2 saturated heterocycles. The summed E-state index contributed by atoms with van der Waals surface area (Å²) in [5.74, 6) is -0.752. The summed E-state index contributed by atoms with van der Waals surface area (Å²) in [5.41, 5.74) is -0.670. The molecule has 0 aliphatic carbocycles. The molecule has 7 heteroatoms. The number of nitrogens with one attached hydrogen (secondary N) is 1. The number of piperidine rings is 1. The molecular formula is C14H24N2O5. The van der Waals surface area contributed by atoms with E-state index in [9.17, 15) is 14.7 Å². The van der Waals surface area contributed by atoms with E-state index in [1.165, 1.54) is 0 Å². The second kappa shape index (κ2) is 7.09. The fourth-order valence-corrected chi connectivity index (χ4v) is 2.82. The maximum absolute atomic E-state index is 12.1. The standard InChI is InChI=1S/C14H24N2O5/c1-2-14(12(17)18)3-5-16(6-4-14)13(19)15-9-11-10-20-7-8-21-11/h11H,2-10H2,1H3,(H,15,19)(H,17,18). The SMILES string of the molecule is CCC1(C(=O)O)CCN(C(=O)NCC2COCCO2)CC1. The van der Waals surface area contributed by atoms with Crippen molar-refractivity contribution in [1.29, 1.82) is 0 Å². The predicted molar refractivity (Wildman–Crippen MR) is 75.1 cm³/mol. The summed E-state index contributed by atoms with van der Waals surface area (Å²) in [6.45, 7) is 4.93. The number of nitrogens with zero attached hydrogens (tertiary/aromatic N) is 1. The van der Waals surface area contributed by atoms with Gasteiger partial charge in [-0.15, -0.1) is 0 Å². The number of carboxylic acid groups (broad SMARTS) is 1. The maximum Gasteiger partial charge on any atom is 0.317 e. The largest absolute Gasteiger partial charge is 0.481 e. The van der Waals surface area contributed by atoms with E-state index in [4.69, 9.17) is 9.47 Å². The summed E-state index contributed by atoms with van der Waals surface area (Å²) < 4.78 is 10.7. The van der Waals surface area contributed by atoms with Crippen molar-refractivity contribution in [2.45, 2.75) is 32.3 Å². The molecule has 21 heavy (non-hydrogen) atoms. The van der Waals surface area contributed by atoms with E-state index < -0.39 is 11.4 Å². The number of ether oxygens (including phenoxy) is 2. The van der Waals surface area contributed by atoms with E-state index in [0.717, 1.165) is 0 Å². The summed E-state index contributed by atoms with van der Waals surface area (Å²) in [6, 6.07) is -0.153. The van der Waals surface area contributed by atoms with Gasteiger partial charge < -0.3 is 24.8 Å². The first-order valence-corrected chi connectivity index (χ1v) is 7.53. The van der Waals surface area contributed by atoms with E-state index in [1.807, 2.05) is 6.92 Å². The Bertz CT molecular complexity index is 374. The first kappa shape index (κ1) is 16.0. The Kier molecular flexibility index (Phi) is 5.41. The number of hydrogen-bond acceptors (Lipinski definition) is 4. The van der Waals surface area contributed by atoms with E-state index in [1.54, 1.807) is 4.90 Å². The summed E-state index contributed by atoms with van der Waals surface area (Å²) in [7, 11) is 0. The van der Waals surface area contributed by atoms with Gasteiger partial charge in [-0.1, -0.05) is 6.92 Å². The van der Waals surface area contributed by atoms with Crippen LogP contribution in [-0.2, 0) is 14.3 Å². The third-order valence-electron chi connectivity index (χ3n) is 4.50. The van der Waals surface area contributed by atoms with Crippen LogP contribution in [0.15, 0.2) is 0 Å². The van der Waals surface area contributed by atoms with Crippen LogP contribution < -0.4 is 5.32 Å². The zero-order valence-corrected chi connectivity index (χ0v) is 12.5. The first-order chi connectivity index (χ1) is 10.1. The maximum atomic E-state index is 12.1. The molecule has 2 heterocycles. The molecule has 2 rings (SSSR count). The average molecular weight is 300 g/mol. The minimum absolute atomic E-state index is 0.0961. The second-order valence-electron chi connectivity index (χ2n) is 5.68. The molecule has 2 fully saturated rings. The van der Waals surface area contributed by atoms with Crippen LogP contribution in [0.5, 0.6) is 0 Å². The highest BCUT2D eigenvalue weighted by Crippen LogP contribution is 2.35. The van der Waals surface area contributed by atoms with Gasteiger partial charge in [-0.05, 0) is 19.3 Å². The van der Waals surface area contributed by atoms with Crippen LogP contribution in [-0.4, -0.2) is 67.6 Å². The molecule has 0 spiro atoms. The third kappa shape index (κ3) is 3.85. The number of rotatable bonds is 4. The quantitative estimate of drug-likeness (QED) is 0.797. The molecule has 2 aliphatic heterocycles. The lowest BCUT2D eigenvalue weighted by Crippen LogP contribution is -2.51. The smallest absolute Gasteiger partial charge is 0.317 e. The molecule has 1 unspecified atom stereocenters. The average Bonchev–Trinajstić information content (AvgIpc) is 2.53. The molecular weight excluding hydrogens is 276 g/mol. The van der Waals surface area contributed by atoms with Crippen LogP contribution in [0.3, 0.4) is 0 Å². The number of aliphatic carboxylic acids is 1. The van der Waals surface area contributed by atoms with Gasteiger partial charge in [0.2, 0.25) is 0 Å². The number of carbonyl (C=O) groups excluding carboxylic acids is 1. The van der Waals surface area contributed by atoms with Crippen molar-refractivity contribution < 1.29 is 24.2 Å². The molecule has 0 bridgehead atoms. The number of carbonyl (C=O) groups is 2. The molecule has 0 aromatic heterocycles. The van der Waals surface area contributed by atoms with Crippen LogP contribution in [0.4, 0.5) is 4.79 Å². The van der Waals surface area contributed by atoms with Crippen LogP contribution in [0, 0.1) is 5.41 Å². The second-order valence-corrected chi connectivity index (χ2v) is 5.68. The highest BCUT2D eigenvalue weighted by molar-refractivity contribution is 5.77. The first-order valence-electron chi connectivity index (χ1n) is 7.53. The molecule has 0 aromatic carbocycles. The highest BCUT2D eigenvalue weighted by atomic mass is 16.6. The van der Waals surface area contributed by atoms with Gasteiger partial charge in [-0.2, -0.15) is 0 Å². The van der Waals surface area contributed by atoms with E-state index in [2.05, 4.69) is 5.32 Å². The van der Waals surface area contributed by atoms with Crippen molar-refractivity contribution in [1.82, 2.24) is 10.2 Å². The normalized spacial score (nSPS) is 25.4. The van der Waals surface area contributed by atoms with Gasteiger partial charge in [0.25, 0.3) is 0 Å². The lowest BCUT2D eigenvalue weighted by molar-refractivity contribution is -0.151. The fourth-order valence-electron chi connectivity index (χ4n) is 2.82. The number of amides is 2. The summed E-state index contributed by atoms with van der Waals surface area (Å²) in [6.07, 6.45) is 1.52. The monoisotopic (exact) mass is 300 g/mol. The van der Waals surface area contributed by atoms with Crippen molar-refractivity contribution in [3.05, 3.63) is 0 Å². The Morgan fingerprint density at radius 1 is 1.33 bits per heavy atom. The van der Waals surface area contributed by atoms with Crippen molar-refractivity contribution in [3.63, 3.8) is 0 Å². The Labute approximate surface area is 124 Å². The summed E-state index contributed by atoms with van der Waals surface area (Å²) >= 11 is 0. The lowest BCUT2D eigenvalue weighted by Gasteiger charge is -2.38. The third-order valence-corrected chi connectivity index (χ3v) is 4.50. The van der Waals surface area contributed by atoms with Gasteiger partial charge in [0.15, 0.2) is 0 Å². The van der Waals surface area contributed by atoms with Crippen molar-refractivity contribution >= 4 is 12.0 Å². The lowest BCUT2D eigenvalue weighted by atomic mass is 9.76. The minimum Gasteiger partial charge on any atom is -0.481 e. The molecule has 120 valence electrons. The van der Waals surface area contributed by atoms with Crippen LogP contribution in [0.1, 0.15) is 26.2 Å². The van der Waals surface area contributed by atoms with Crippen LogP contribution in [0.2, 0.25) is 0 Å². The van der Waals surface area contributed by atoms with Crippen molar-refractivity contribution in [2.24, 2.45) is 5.41 Å². The van der Waals surface area contributed by atoms with Crippen molar-refractivity contribution in [3.8, 4) is 0 Å². The molecule has 0 radical (unpaired) electrons. The Morgan fingerprint density at radius 3 is 2.57 bits per heavy atom. The molecule has 1 atom stereocenters. The zero-order chi connectivity index (χ0) is 15.3. The summed E-state index contributed by atoms with van der Waals surface area (Å²) in [5, 5.41) is 12.2. The Morgan fingerprint density at radius 2 is 2.05 bits per heavy atom. The van der Waals surface area contributed by atoms with E-state index in [-0.39, 0.29) is 12.1 Å². The van der Waals surface area contributed by atoms with Gasteiger partial charge in [-0.3, -0.25) is 4.79 Å². The van der Waals surface area contributed by atoms with Gasteiger partial charge in [0.05, 0.1) is 31.3 Å². The number of carboxylic acids is 1. The molecule has 0 saturated carbocycles. The number of hydrogen-bond donors (Lipinski definition) is 2. The number of urea groups is 1. The molecule has 2 N–H and O–H groups in total. The minimum atomic E-state index is -0.752. The van der Waals surface area contributed by atoms with Gasteiger partial charge in [0.1, 0.15) is 0 Å². The number of likely N-dealkylation sites (tertiary alicyclic amines) is 1. The Balaban J connectivity index is 1.76.